The predicted molar refractivity (Wildman–Crippen MR) is 135 cm³/mol. The van der Waals surface area contributed by atoms with Crippen LogP contribution >= 0.6 is 0 Å². The highest BCUT2D eigenvalue weighted by Crippen LogP contribution is 2.37. The topological polar surface area (TPSA) is 100 Å². The smallest absolute Gasteiger partial charge is 0.417 e. The predicted octanol–water partition coefficient (Wildman–Crippen LogP) is 4.89. The highest BCUT2D eigenvalue weighted by molar-refractivity contribution is 5.94. The van der Waals surface area contributed by atoms with E-state index in [4.69, 9.17) is 0 Å². The van der Waals surface area contributed by atoms with E-state index in [0.29, 0.717) is 13.0 Å². The number of pyridine rings is 1. The van der Waals surface area contributed by atoms with E-state index in [0.717, 1.165) is 10.7 Å². The highest BCUT2D eigenvalue weighted by atomic mass is 19.4. The molecule has 2 atom stereocenters. The van der Waals surface area contributed by atoms with E-state index in [2.05, 4.69) is 15.4 Å². The molecule has 3 aromatic rings. The van der Waals surface area contributed by atoms with Gasteiger partial charge in [0.2, 0.25) is 0 Å². The van der Waals surface area contributed by atoms with Crippen molar-refractivity contribution in [2.45, 2.75) is 44.3 Å². The monoisotopic (exact) mass is 565 g/mol. The third kappa shape index (κ3) is 6.82. The van der Waals surface area contributed by atoms with Crippen molar-refractivity contribution in [1.82, 2.24) is 25.0 Å². The van der Waals surface area contributed by atoms with Crippen LogP contribution in [0, 0.1) is 5.92 Å². The molecule has 0 aliphatic carbocycles. The molecule has 0 saturated carbocycles. The summed E-state index contributed by atoms with van der Waals surface area (Å²) in [7, 11) is 0. The lowest BCUT2D eigenvalue weighted by atomic mass is 9.97. The lowest BCUT2D eigenvalue weighted by molar-refractivity contribution is -0.142. The second-order valence-corrected chi connectivity index (χ2v) is 9.79. The van der Waals surface area contributed by atoms with Gasteiger partial charge in [0, 0.05) is 30.8 Å². The van der Waals surface area contributed by atoms with Crippen LogP contribution < -0.4 is 5.32 Å². The maximum Gasteiger partial charge on any atom is 0.417 e. The molecule has 1 aliphatic rings. The maximum absolute atomic E-state index is 13.8. The quantitative estimate of drug-likeness (QED) is 0.359. The van der Waals surface area contributed by atoms with Gasteiger partial charge in [0.15, 0.2) is 11.5 Å². The molecule has 0 spiro atoms. The molecule has 0 bridgehead atoms. The number of hydrogen-bond acceptors (Lipinski definition) is 5. The second-order valence-electron chi connectivity index (χ2n) is 9.79. The van der Waals surface area contributed by atoms with Crippen LogP contribution in [0.5, 0.6) is 0 Å². The fraction of sp³-hybridized carbons (Fsp3) is 0.407. The minimum atomic E-state index is -4.69. The molecule has 1 saturated heterocycles. The first-order valence-electron chi connectivity index (χ1n) is 12.7. The zero-order valence-corrected chi connectivity index (χ0v) is 21.5. The number of benzene rings is 1. The number of rotatable bonds is 9. The van der Waals surface area contributed by atoms with Crippen LogP contribution in [-0.4, -0.2) is 68.2 Å². The molecule has 1 aliphatic heterocycles. The van der Waals surface area contributed by atoms with E-state index in [1.54, 1.807) is 12.1 Å². The molecule has 1 amide bonds. The number of nitrogens with one attached hydrogen (secondary N) is 1. The zero-order valence-electron chi connectivity index (χ0n) is 21.5. The number of alkyl halides is 5. The Balaban J connectivity index is 1.65. The van der Waals surface area contributed by atoms with Gasteiger partial charge in [0.05, 0.1) is 23.7 Å². The number of nitrogens with zero attached hydrogens (tertiary/aromatic N) is 4. The lowest BCUT2D eigenvalue weighted by Gasteiger charge is -2.33. The maximum atomic E-state index is 13.8. The third-order valence-corrected chi connectivity index (χ3v) is 6.85. The summed E-state index contributed by atoms with van der Waals surface area (Å²) in [6.07, 6.45) is -3.12. The average Bonchev–Trinajstić information content (AvgIpc) is 3.35. The Hall–Kier alpha value is -3.87. The number of aromatic nitrogens is 3. The number of aliphatic carboxylic acids is 1. The molecule has 4 rings (SSSR count). The summed E-state index contributed by atoms with van der Waals surface area (Å²) in [5, 5.41) is 16.4. The number of piperidine rings is 1. The summed E-state index contributed by atoms with van der Waals surface area (Å²) in [5.41, 5.74) is -1.47. The number of hydrogen-bond donors (Lipinski definition) is 2. The van der Waals surface area contributed by atoms with Gasteiger partial charge in [-0.05, 0) is 50.6 Å². The molecular weight excluding hydrogens is 537 g/mol. The molecule has 2 N–H and O–H groups in total. The summed E-state index contributed by atoms with van der Waals surface area (Å²) < 4.78 is 70.2. The van der Waals surface area contributed by atoms with Crippen LogP contribution in [0.2, 0.25) is 0 Å². The first-order chi connectivity index (χ1) is 18.9. The molecule has 2 aromatic heterocycles. The number of amides is 1. The first-order valence-corrected chi connectivity index (χ1v) is 12.7. The van der Waals surface area contributed by atoms with Crippen LogP contribution in [0.4, 0.5) is 22.0 Å². The van der Waals surface area contributed by atoms with Crippen molar-refractivity contribution in [1.29, 1.82) is 0 Å². The van der Waals surface area contributed by atoms with Gasteiger partial charge in [-0.25, -0.2) is 18.4 Å². The number of carbonyl (C=O) groups is 2. The average molecular weight is 566 g/mol. The van der Waals surface area contributed by atoms with E-state index in [1.807, 2.05) is 0 Å². The molecule has 13 heteroatoms. The van der Waals surface area contributed by atoms with E-state index in [9.17, 15) is 36.6 Å². The van der Waals surface area contributed by atoms with Crippen molar-refractivity contribution >= 4 is 11.9 Å². The zero-order chi connectivity index (χ0) is 29.1. The van der Waals surface area contributed by atoms with E-state index in [1.165, 1.54) is 48.4 Å². The van der Waals surface area contributed by atoms with Gasteiger partial charge < -0.3 is 10.4 Å². The van der Waals surface area contributed by atoms with Crippen LogP contribution in [0.15, 0.2) is 54.7 Å². The molecule has 1 aromatic carbocycles. The molecule has 8 nitrogen and oxygen atoms in total. The molecule has 1 fully saturated rings. The van der Waals surface area contributed by atoms with Crippen molar-refractivity contribution in [2.24, 2.45) is 5.92 Å². The van der Waals surface area contributed by atoms with Crippen LogP contribution in [0.1, 0.15) is 42.2 Å². The lowest BCUT2D eigenvalue weighted by Crippen LogP contribution is -2.47. The van der Waals surface area contributed by atoms with Crippen molar-refractivity contribution in [2.75, 3.05) is 19.6 Å². The Labute approximate surface area is 226 Å². The first kappa shape index (κ1) is 29.1. The normalized spacial score (nSPS) is 17.2. The molecule has 0 radical (unpaired) electrons. The SMILES string of the molecule is C[C@@H](C(=O)O)[C@H](CCN1CCCC(F)(F)C1)NC(=O)c1cc(-c2ccccc2C(F)(F)F)n(-c2ccccn2)n1. The summed E-state index contributed by atoms with van der Waals surface area (Å²) in [4.78, 5) is 30.7. The van der Waals surface area contributed by atoms with Gasteiger partial charge >= 0.3 is 12.1 Å². The number of halogens is 5. The molecule has 0 unspecified atom stereocenters. The van der Waals surface area contributed by atoms with Crippen molar-refractivity contribution < 1.29 is 36.6 Å². The number of carboxylic acid groups (broad SMARTS) is 1. The fourth-order valence-corrected chi connectivity index (χ4v) is 4.71. The molecular formula is C27H28F5N5O3. The minimum absolute atomic E-state index is 0.0462. The highest BCUT2D eigenvalue weighted by Gasteiger charge is 2.37. The van der Waals surface area contributed by atoms with Gasteiger partial charge in [0.25, 0.3) is 11.8 Å². The Morgan fingerprint density at radius 2 is 1.88 bits per heavy atom. The standard InChI is InChI=1S/C27H28F5N5O3/c1-17(25(39)40)20(10-14-36-13-6-11-26(28,29)16-36)34-24(38)21-15-22(37(35-21)23-9-4-5-12-33-23)18-7-2-3-8-19(18)27(30,31)32/h2-5,7-9,12,15,17,20H,6,10-11,13-14,16H2,1H3,(H,34,38)(H,39,40)/t17-,20+/m1/s1. The van der Waals surface area contributed by atoms with Gasteiger partial charge in [-0.3, -0.25) is 14.5 Å². The number of likely N-dealkylation sites (tertiary alicyclic amines) is 1. The molecule has 40 heavy (non-hydrogen) atoms. The minimum Gasteiger partial charge on any atom is -0.481 e. The van der Waals surface area contributed by atoms with Gasteiger partial charge in [0.1, 0.15) is 0 Å². The van der Waals surface area contributed by atoms with Crippen LogP contribution in [0.25, 0.3) is 17.1 Å². The summed E-state index contributed by atoms with van der Waals surface area (Å²) >= 11 is 0. The summed E-state index contributed by atoms with van der Waals surface area (Å²) in [6, 6.07) is 9.81. The van der Waals surface area contributed by atoms with E-state index >= 15 is 0 Å². The van der Waals surface area contributed by atoms with Gasteiger partial charge in [-0.1, -0.05) is 24.3 Å². The van der Waals surface area contributed by atoms with Crippen LogP contribution in [-0.2, 0) is 11.0 Å². The number of carboxylic acids is 1. The van der Waals surface area contributed by atoms with Crippen molar-refractivity contribution in [3.8, 4) is 17.1 Å². The van der Waals surface area contributed by atoms with Crippen molar-refractivity contribution in [3.05, 3.63) is 66.0 Å². The molecule has 3 heterocycles. The number of carbonyl (C=O) groups excluding carboxylic acids is 1. The largest absolute Gasteiger partial charge is 0.481 e. The third-order valence-electron chi connectivity index (χ3n) is 6.85. The van der Waals surface area contributed by atoms with Crippen LogP contribution in [0.3, 0.4) is 0 Å². The second kappa shape index (κ2) is 11.7. The summed E-state index contributed by atoms with van der Waals surface area (Å²) in [5.74, 6) is -5.76. The Bertz CT molecular complexity index is 1350. The Morgan fingerprint density at radius 1 is 1.15 bits per heavy atom. The summed E-state index contributed by atoms with van der Waals surface area (Å²) in [6.45, 7) is 1.49. The van der Waals surface area contributed by atoms with E-state index in [-0.39, 0.29) is 42.2 Å². The Morgan fingerprint density at radius 3 is 2.52 bits per heavy atom. The van der Waals surface area contributed by atoms with Gasteiger partial charge in [-0.15, -0.1) is 0 Å². The fourth-order valence-electron chi connectivity index (χ4n) is 4.71. The van der Waals surface area contributed by atoms with E-state index < -0.39 is 48.0 Å². The Kier molecular flexibility index (Phi) is 8.52. The molecule has 214 valence electrons. The van der Waals surface area contributed by atoms with Gasteiger partial charge in [-0.2, -0.15) is 18.3 Å². The van der Waals surface area contributed by atoms with Crippen molar-refractivity contribution in [3.63, 3.8) is 0 Å².